The van der Waals surface area contributed by atoms with Crippen LogP contribution in [0.1, 0.15) is 24.4 Å². The van der Waals surface area contributed by atoms with Gasteiger partial charge < -0.3 is 15.9 Å². The minimum atomic E-state index is -1.25. The molecule has 0 aromatic heterocycles. The maximum atomic E-state index is 8.65. The summed E-state index contributed by atoms with van der Waals surface area (Å²) in [7, 11) is 0. The number of aliphatic hydroxyl groups is 2. The van der Waals surface area contributed by atoms with Crippen molar-refractivity contribution in [1.82, 2.24) is 0 Å². The highest BCUT2D eigenvalue weighted by Gasteiger charge is 2.06. The molecule has 3 nitrogen and oxygen atoms in total. The molecule has 0 aliphatic carbocycles. The Hall–Kier alpha value is -0.900. The van der Waals surface area contributed by atoms with Crippen LogP contribution < -0.4 is 5.73 Å². The lowest BCUT2D eigenvalue weighted by molar-refractivity contribution is -0.0473. The van der Waals surface area contributed by atoms with Crippen molar-refractivity contribution in [2.24, 2.45) is 5.73 Å². The van der Waals surface area contributed by atoms with Gasteiger partial charge in [-0.3, -0.25) is 0 Å². The summed E-state index contributed by atoms with van der Waals surface area (Å²) in [5.74, 6) is 0. The Bertz CT molecular complexity index is 236. The van der Waals surface area contributed by atoms with E-state index in [0.29, 0.717) is 12.8 Å². The molecule has 0 saturated carbocycles. The van der Waals surface area contributed by atoms with Gasteiger partial charge >= 0.3 is 0 Å². The van der Waals surface area contributed by atoms with Crippen LogP contribution in [0, 0.1) is 0 Å². The maximum absolute atomic E-state index is 8.65. The Morgan fingerprint density at radius 1 is 1.08 bits per heavy atom. The SMILES string of the molecule is NC(CCC(O)O)c1ccccc1. The number of nitrogens with two attached hydrogens (primary N) is 1. The first-order valence-corrected chi connectivity index (χ1v) is 4.37. The first-order valence-electron chi connectivity index (χ1n) is 4.37. The molecule has 0 aliphatic heterocycles. The summed E-state index contributed by atoms with van der Waals surface area (Å²) >= 11 is 0. The Morgan fingerprint density at radius 3 is 2.23 bits per heavy atom. The molecule has 1 rings (SSSR count). The lowest BCUT2D eigenvalue weighted by Crippen LogP contribution is -2.14. The normalized spacial score (nSPS) is 13.2. The fourth-order valence-electron chi connectivity index (χ4n) is 1.20. The number of hydrogen-bond donors (Lipinski definition) is 3. The van der Waals surface area contributed by atoms with Crippen molar-refractivity contribution in [3.8, 4) is 0 Å². The van der Waals surface area contributed by atoms with Gasteiger partial charge in [0.05, 0.1) is 0 Å². The van der Waals surface area contributed by atoms with Crippen LogP contribution in [0.25, 0.3) is 0 Å². The first-order chi connectivity index (χ1) is 6.20. The summed E-state index contributed by atoms with van der Waals surface area (Å²) in [6.45, 7) is 0. The largest absolute Gasteiger partial charge is 0.368 e. The third-order valence-electron chi connectivity index (χ3n) is 1.96. The van der Waals surface area contributed by atoms with Crippen molar-refractivity contribution in [2.45, 2.75) is 25.2 Å². The van der Waals surface area contributed by atoms with Gasteiger partial charge in [0.25, 0.3) is 0 Å². The van der Waals surface area contributed by atoms with Crippen molar-refractivity contribution in [3.05, 3.63) is 35.9 Å². The fourth-order valence-corrected chi connectivity index (χ4v) is 1.20. The van der Waals surface area contributed by atoms with Gasteiger partial charge in [0.15, 0.2) is 6.29 Å². The zero-order valence-corrected chi connectivity index (χ0v) is 7.43. The molecule has 1 aromatic carbocycles. The van der Waals surface area contributed by atoms with E-state index in [1.165, 1.54) is 0 Å². The third-order valence-corrected chi connectivity index (χ3v) is 1.96. The highest BCUT2D eigenvalue weighted by Crippen LogP contribution is 2.15. The Balaban J connectivity index is 2.44. The van der Waals surface area contributed by atoms with Crippen LogP contribution in [0.3, 0.4) is 0 Å². The van der Waals surface area contributed by atoms with Gasteiger partial charge in [-0.15, -0.1) is 0 Å². The molecule has 13 heavy (non-hydrogen) atoms. The molecule has 0 spiro atoms. The molecular weight excluding hydrogens is 166 g/mol. The van der Waals surface area contributed by atoms with E-state index in [1.807, 2.05) is 30.3 Å². The summed E-state index contributed by atoms with van der Waals surface area (Å²) in [6.07, 6.45) is -0.354. The van der Waals surface area contributed by atoms with Gasteiger partial charge in [0, 0.05) is 6.04 Å². The highest BCUT2D eigenvalue weighted by molar-refractivity contribution is 5.18. The summed E-state index contributed by atoms with van der Waals surface area (Å²) in [6, 6.07) is 9.54. The second-order valence-corrected chi connectivity index (χ2v) is 3.08. The van der Waals surface area contributed by atoms with Gasteiger partial charge in [-0.2, -0.15) is 0 Å². The minimum Gasteiger partial charge on any atom is -0.368 e. The van der Waals surface area contributed by atoms with E-state index in [0.717, 1.165) is 5.56 Å². The van der Waals surface area contributed by atoms with Crippen LogP contribution in [0.4, 0.5) is 0 Å². The topological polar surface area (TPSA) is 66.5 Å². The lowest BCUT2D eigenvalue weighted by atomic mass is 10.0. The molecule has 3 heteroatoms. The van der Waals surface area contributed by atoms with Crippen LogP contribution in [0.5, 0.6) is 0 Å². The molecule has 0 amide bonds. The van der Waals surface area contributed by atoms with Gasteiger partial charge in [-0.25, -0.2) is 0 Å². The van der Waals surface area contributed by atoms with Gasteiger partial charge in [-0.1, -0.05) is 30.3 Å². The van der Waals surface area contributed by atoms with E-state index in [9.17, 15) is 0 Å². The van der Waals surface area contributed by atoms with E-state index >= 15 is 0 Å². The van der Waals surface area contributed by atoms with E-state index in [1.54, 1.807) is 0 Å². The molecule has 1 aromatic rings. The number of aliphatic hydroxyl groups excluding tert-OH is 1. The van der Waals surface area contributed by atoms with Crippen LogP contribution in [0.15, 0.2) is 30.3 Å². The predicted octanol–water partition coefficient (Wildman–Crippen LogP) is 0.777. The van der Waals surface area contributed by atoms with Crippen molar-refractivity contribution in [2.75, 3.05) is 0 Å². The second kappa shape index (κ2) is 4.97. The molecular formula is C10H15NO2. The van der Waals surface area contributed by atoms with Crippen molar-refractivity contribution in [1.29, 1.82) is 0 Å². The van der Waals surface area contributed by atoms with Crippen molar-refractivity contribution in [3.63, 3.8) is 0 Å². The zero-order chi connectivity index (χ0) is 9.68. The van der Waals surface area contributed by atoms with Crippen LogP contribution in [0.2, 0.25) is 0 Å². The summed E-state index contributed by atoms with van der Waals surface area (Å²) in [5.41, 5.74) is 6.85. The molecule has 72 valence electrons. The number of rotatable bonds is 4. The molecule has 0 aliphatic rings. The number of benzene rings is 1. The Labute approximate surface area is 77.8 Å². The second-order valence-electron chi connectivity index (χ2n) is 3.08. The van der Waals surface area contributed by atoms with Crippen molar-refractivity contribution < 1.29 is 10.2 Å². The van der Waals surface area contributed by atoms with E-state index < -0.39 is 6.29 Å². The molecule has 1 atom stereocenters. The standard InChI is InChI=1S/C10H15NO2/c11-9(6-7-10(12)13)8-4-2-1-3-5-8/h1-5,9-10,12-13H,6-7,11H2. The smallest absolute Gasteiger partial charge is 0.151 e. The average molecular weight is 181 g/mol. The van der Waals surface area contributed by atoms with Gasteiger partial charge in [-0.05, 0) is 18.4 Å². The van der Waals surface area contributed by atoms with Gasteiger partial charge in [0.2, 0.25) is 0 Å². The molecule has 0 bridgehead atoms. The monoisotopic (exact) mass is 181 g/mol. The van der Waals surface area contributed by atoms with E-state index in [2.05, 4.69) is 0 Å². The van der Waals surface area contributed by atoms with Gasteiger partial charge in [0.1, 0.15) is 0 Å². The quantitative estimate of drug-likeness (QED) is 0.601. The highest BCUT2D eigenvalue weighted by atomic mass is 16.5. The van der Waals surface area contributed by atoms with Crippen LogP contribution >= 0.6 is 0 Å². The Kier molecular flexibility index (Phi) is 3.89. The molecule has 1 unspecified atom stereocenters. The summed E-state index contributed by atoms with van der Waals surface area (Å²) in [4.78, 5) is 0. The fraction of sp³-hybridized carbons (Fsp3) is 0.400. The van der Waals surface area contributed by atoms with E-state index in [-0.39, 0.29) is 6.04 Å². The maximum Gasteiger partial charge on any atom is 0.151 e. The zero-order valence-electron chi connectivity index (χ0n) is 7.43. The van der Waals surface area contributed by atoms with E-state index in [4.69, 9.17) is 15.9 Å². The predicted molar refractivity (Wildman–Crippen MR) is 50.8 cm³/mol. The average Bonchev–Trinajstić information content (AvgIpc) is 2.15. The molecule has 4 N–H and O–H groups in total. The van der Waals surface area contributed by atoms with Crippen LogP contribution in [-0.2, 0) is 0 Å². The first kappa shape index (κ1) is 10.2. The Morgan fingerprint density at radius 2 is 1.69 bits per heavy atom. The summed E-state index contributed by atoms with van der Waals surface area (Å²) in [5, 5.41) is 17.3. The molecule has 0 fully saturated rings. The number of hydrogen-bond acceptors (Lipinski definition) is 3. The third kappa shape index (κ3) is 3.55. The minimum absolute atomic E-state index is 0.108. The van der Waals surface area contributed by atoms with Crippen LogP contribution in [-0.4, -0.2) is 16.5 Å². The van der Waals surface area contributed by atoms with Crippen molar-refractivity contribution >= 4 is 0 Å². The molecule has 0 radical (unpaired) electrons. The molecule has 0 heterocycles. The summed E-state index contributed by atoms with van der Waals surface area (Å²) < 4.78 is 0. The lowest BCUT2D eigenvalue weighted by Gasteiger charge is -2.12. The molecule has 0 saturated heterocycles.